The fourth-order valence-corrected chi connectivity index (χ4v) is 3.62. The molecular weight excluding hydrogens is 403 g/mol. The minimum Gasteiger partial charge on any atom is -0.376 e. The van der Waals surface area contributed by atoms with Crippen LogP contribution in [0.15, 0.2) is 30.3 Å². The third-order valence-corrected chi connectivity index (χ3v) is 5.15. The van der Waals surface area contributed by atoms with E-state index in [1.54, 1.807) is 4.90 Å². The molecule has 2 aliphatic heterocycles. The topological polar surface area (TPSA) is 62.3 Å². The minimum absolute atomic E-state index is 0.0517. The zero-order chi connectivity index (χ0) is 20.4. The van der Waals surface area contributed by atoms with Crippen molar-refractivity contribution in [2.45, 2.75) is 38.2 Å². The first-order valence-electron chi connectivity index (χ1n) is 9.33. The maximum atomic E-state index is 13.4. The van der Waals surface area contributed by atoms with Gasteiger partial charge in [0, 0.05) is 32.3 Å². The molecular formula is C19H20F3N5OS. The summed E-state index contributed by atoms with van der Waals surface area (Å²) in [6, 6.07) is 8.72. The molecule has 0 unspecified atom stereocenters. The van der Waals surface area contributed by atoms with Gasteiger partial charge in [-0.1, -0.05) is 24.3 Å². The van der Waals surface area contributed by atoms with Crippen molar-refractivity contribution in [3.05, 3.63) is 47.2 Å². The Morgan fingerprint density at radius 3 is 2.55 bits per heavy atom. The highest BCUT2D eigenvalue weighted by Gasteiger charge is 2.35. The van der Waals surface area contributed by atoms with Gasteiger partial charge in [0.25, 0.3) is 0 Å². The second kappa shape index (κ2) is 8.11. The molecule has 0 amide bonds. The van der Waals surface area contributed by atoms with Crippen molar-refractivity contribution in [2.24, 2.45) is 0 Å². The van der Waals surface area contributed by atoms with Crippen molar-refractivity contribution in [1.82, 2.24) is 15.3 Å². The van der Waals surface area contributed by atoms with Crippen molar-refractivity contribution < 1.29 is 17.9 Å². The molecule has 0 radical (unpaired) electrons. The first-order chi connectivity index (χ1) is 13.9. The van der Waals surface area contributed by atoms with E-state index in [0.717, 1.165) is 30.0 Å². The third-order valence-electron chi connectivity index (χ3n) is 4.91. The Hall–Kier alpha value is -2.46. The number of anilines is 2. The minimum atomic E-state index is -4.59. The van der Waals surface area contributed by atoms with Gasteiger partial charge < -0.3 is 20.3 Å². The van der Waals surface area contributed by atoms with Crippen molar-refractivity contribution >= 4 is 29.1 Å². The lowest BCUT2D eigenvalue weighted by Gasteiger charge is -2.20. The molecule has 2 aliphatic rings. The molecule has 1 aromatic carbocycles. The number of halogens is 3. The Labute approximate surface area is 171 Å². The van der Waals surface area contributed by atoms with Gasteiger partial charge in [-0.15, -0.1) is 0 Å². The molecule has 0 spiro atoms. The zero-order valence-electron chi connectivity index (χ0n) is 15.5. The van der Waals surface area contributed by atoms with Gasteiger partial charge in [-0.05, 0) is 36.2 Å². The molecule has 0 saturated carbocycles. The van der Waals surface area contributed by atoms with Crippen LogP contribution in [0.2, 0.25) is 0 Å². The number of fused-ring (bicyclic) bond motifs is 1. The third kappa shape index (κ3) is 4.76. The number of hydrogen-bond acceptors (Lipinski definition) is 5. The van der Waals surface area contributed by atoms with Gasteiger partial charge in [-0.2, -0.15) is 18.2 Å². The van der Waals surface area contributed by atoms with E-state index in [-0.39, 0.29) is 23.0 Å². The van der Waals surface area contributed by atoms with E-state index in [4.69, 9.17) is 17.0 Å². The Morgan fingerprint density at radius 1 is 1.21 bits per heavy atom. The first-order valence-corrected chi connectivity index (χ1v) is 9.74. The van der Waals surface area contributed by atoms with Crippen molar-refractivity contribution in [3.63, 3.8) is 0 Å². The van der Waals surface area contributed by atoms with Crippen LogP contribution in [0.5, 0.6) is 0 Å². The van der Waals surface area contributed by atoms with E-state index in [9.17, 15) is 13.2 Å². The Bertz CT molecular complexity index is 877. The number of ether oxygens (including phenoxy) is 1. The largest absolute Gasteiger partial charge is 0.433 e. The van der Waals surface area contributed by atoms with E-state index < -0.39 is 11.9 Å². The Balaban J connectivity index is 1.51. The molecule has 3 heterocycles. The smallest absolute Gasteiger partial charge is 0.376 e. The van der Waals surface area contributed by atoms with Gasteiger partial charge in [0.15, 0.2) is 10.8 Å². The number of alkyl halides is 3. The maximum Gasteiger partial charge on any atom is 0.433 e. The van der Waals surface area contributed by atoms with Crippen LogP contribution in [0.25, 0.3) is 0 Å². The number of benzene rings is 1. The molecule has 0 bridgehead atoms. The molecule has 10 heteroatoms. The predicted octanol–water partition coefficient (Wildman–Crippen LogP) is 3.48. The second-order valence-electron chi connectivity index (χ2n) is 7.03. The fraction of sp³-hybridized carbons (Fsp3) is 0.421. The lowest BCUT2D eigenvalue weighted by atomic mass is 10.1. The Kier molecular flexibility index (Phi) is 5.55. The van der Waals surface area contributed by atoms with Crippen LogP contribution in [0.1, 0.15) is 29.7 Å². The van der Waals surface area contributed by atoms with E-state index in [1.165, 1.54) is 0 Å². The normalized spacial score (nSPS) is 18.6. The van der Waals surface area contributed by atoms with E-state index in [2.05, 4.69) is 20.6 Å². The van der Waals surface area contributed by atoms with Crippen LogP contribution in [0.3, 0.4) is 0 Å². The molecule has 4 rings (SSSR count). The van der Waals surface area contributed by atoms with Gasteiger partial charge in [-0.25, -0.2) is 4.98 Å². The van der Waals surface area contributed by atoms with Crippen LogP contribution >= 0.6 is 12.2 Å². The van der Waals surface area contributed by atoms with Gasteiger partial charge in [0.1, 0.15) is 5.82 Å². The molecule has 1 fully saturated rings. The standard InChI is InChI=1S/C19H20F3N5OS/c20-19(21,22)15-8-16(27-10-12-4-1-2-5-13(12)11-27)25-17(24-15)26-18(29)23-9-14-6-3-7-28-14/h1-2,4-5,8,14H,3,6-7,9-11H2,(H2,23,24,25,26,29)/t14-/m0/s1. The molecule has 0 aliphatic carbocycles. The van der Waals surface area contributed by atoms with Gasteiger partial charge in [0.05, 0.1) is 6.10 Å². The molecule has 1 atom stereocenters. The Morgan fingerprint density at radius 2 is 1.93 bits per heavy atom. The zero-order valence-corrected chi connectivity index (χ0v) is 16.3. The predicted molar refractivity (Wildman–Crippen MR) is 107 cm³/mol. The van der Waals surface area contributed by atoms with Crippen LogP contribution in [0.4, 0.5) is 24.9 Å². The highest BCUT2D eigenvalue weighted by Crippen LogP contribution is 2.33. The summed E-state index contributed by atoms with van der Waals surface area (Å²) in [5.74, 6) is 0.0172. The van der Waals surface area contributed by atoms with Crippen LogP contribution in [-0.2, 0) is 24.0 Å². The van der Waals surface area contributed by atoms with Gasteiger partial charge in [0.2, 0.25) is 5.95 Å². The first kappa shape index (κ1) is 19.8. The molecule has 6 nitrogen and oxygen atoms in total. The lowest BCUT2D eigenvalue weighted by molar-refractivity contribution is -0.141. The lowest BCUT2D eigenvalue weighted by Crippen LogP contribution is -2.35. The highest BCUT2D eigenvalue weighted by molar-refractivity contribution is 7.80. The summed E-state index contributed by atoms with van der Waals surface area (Å²) < 4.78 is 45.7. The quantitative estimate of drug-likeness (QED) is 0.730. The number of hydrogen-bond donors (Lipinski definition) is 2. The van der Waals surface area contributed by atoms with Crippen molar-refractivity contribution in [2.75, 3.05) is 23.4 Å². The molecule has 29 heavy (non-hydrogen) atoms. The summed E-state index contributed by atoms with van der Waals surface area (Å²) in [6.07, 6.45) is -2.62. The average molecular weight is 423 g/mol. The van der Waals surface area contributed by atoms with Gasteiger partial charge in [-0.3, -0.25) is 0 Å². The summed E-state index contributed by atoms with van der Waals surface area (Å²) in [4.78, 5) is 9.68. The average Bonchev–Trinajstić information content (AvgIpc) is 3.35. The number of nitrogens with zero attached hydrogens (tertiary/aromatic N) is 3. The monoisotopic (exact) mass is 423 g/mol. The summed E-state index contributed by atoms with van der Waals surface area (Å²) in [5, 5.41) is 5.80. The van der Waals surface area contributed by atoms with Crippen LogP contribution in [0, 0.1) is 0 Å². The summed E-state index contributed by atoms with van der Waals surface area (Å²) in [6.45, 7) is 2.18. The summed E-state index contributed by atoms with van der Waals surface area (Å²) in [7, 11) is 0. The van der Waals surface area contributed by atoms with E-state index in [0.29, 0.717) is 26.2 Å². The second-order valence-corrected chi connectivity index (χ2v) is 7.44. The fourth-order valence-electron chi connectivity index (χ4n) is 3.45. The molecule has 1 saturated heterocycles. The van der Waals surface area contributed by atoms with Gasteiger partial charge >= 0.3 is 6.18 Å². The van der Waals surface area contributed by atoms with Crippen LogP contribution < -0.4 is 15.5 Å². The summed E-state index contributed by atoms with van der Waals surface area (Å²) >= 11 is 5.19. The van der Waals surface area contributed by atoms with Crippen molar-refractivity contribution in [1.29, 1.82) is 0 Å². The molecule has 154 valence electrons. The summed E-state index contributed by atoms with van der Waals surface area (Å²) in [5.41, 5.74) is 1.13. The molecule has 2 N–H and O–H groups in total. The number of nitrogens with one attached hydrogen (secondary N) is 2. The maximum absolute atomic E-state index is 13.4. The van der Waals surface area contributed by atoms with Crippen LogP contribution in [-0.4, -0.2) is 34.3 Å². The number of aromatic nitrogens is 2. The number of thiocarbonyl (C=S) groups is 1. The molecule has 1 aromatic heterocycles. The van der Waals surface area contributed by atoms with Crippen molar-refractivity contribution in [3.8, 4) is 0 Å². The highest BCUT2D eigenvalue weighted by atomic mass is 32.1. The molecule has 2 aromatic rings. The van der Waals surface area contributed by atoms with E-state index in [1.807, 2.05) is 24.3 Å². The van der Waals surface area contributed by atoms with E-state index >= 15 is 0 Å². The number of rotatable bonds is 4. The SMILES string of the molecule is FC(F)(F)c1cc(N2Cc3ccccc3C2)nc(NC(=S)NC[C@@H]2CCCO2)n1.